The molecule has 0 aliphatic heterocycles. The highest BCUT2D eigenvalue weighted by atomic mass is 16.2. The molecule has 0 atom stereocenters. The van der Waals surface area contributed by atoms with Gasteiger partial charge in [0.25, 0.3) is 0 Å². The van der Waals surface area contributed by atoms with Crippen LogP contribution in [0.15, 0.2) is 48.7 Å². The van der Waals surface area contributed by atoms with E-state index in [2.05, 4.69) is 15.6 Å². The summed E-state index contributed by atoms with van der Waals surface area (Å²) in [6.45, 7) is 0. The number of hydrogen-bond acceptors (Lipinski definition) is 3. The average Bonchev–Trinajstić information content (AvgIpc) is 2.40. The molecule has 0 spiro atoms. The van der Waals surface area contributed by atoms with Crippen LogP contribution in [0.3, 0.4) is 0 Å². The number of rotatable bonds is 2. The van der Waals surface area contributed by atoms with Gasteiger partial charge in [-0.15, -0.1) is 0 Å². The van der Waals surface area contributed by atoms with Crippen LogP contribution in [0, 0.1) is 11.3 Å². The largest absolute Gasteiger partial charge is 0.324 e. The van der Waals surface area contributed by atoms with Crippen molar-refractivity contribution in [1.82, 2.24) is 4.98 Å². The first kappa shape index (κ1) is 11.6. The second kappa shape index (κ2) is 5.46. The predicted octanol–water partition coefficient (Wildman–Crippen LogP) is 2.60. The van der Waals surface area contributed by atoms with Crippen LogP contribution >= 0.6 is 0 Å². The number of carbonyl (C=O) groups excluding carboxylic acids is 1. The van der Waals surface area contributed by atoms with Gasteiger partial charge in [-0.05, 0) is 24.3 Å². The van der Waals surface area contributed by atoms with Crippen molar-refractivity contribution in [2.24, 2.45) is 0 Å². The fraction of sp³-hybridized carbons (Fsp3) is 0. The number of nitriles is 1. The summed E-state index contributed by atoms with van der Waals surface area (Å²) in [6, 6.07) is 13.6. The minimum absolute atomic E-state index is 0.411. The van der Waals surface area contributed by atoms with E-state index < -0.39 is 6.03 Å². The maximum Gasteiger partial charge on any atom is 0.324 e. The van der Waals surface area contributed by atoms with Crippen LogP contribution in [0.5, 0.6) is 0 Å². The summed E-state index contributed by atoms with van der Waals surface area (Å²) in [4.78, 5) is 15.6. The van der Waals surface area contributed by atoms with E-state index in [1.54, 1.807) is 48.7 Å². The normalized spacial score (nSPS) is 9.28. The van der Waals surface area contributed by atoms with Crippen LogP contribution in [-0.2, 0) is 0 Å². The van der Waals surface area contributed by atoms with E-state index >= 15 is 0 Å². The van der Waals surface area contributed by atoms with E-state index in [-0.39, 0.29) is 0 Å². The molecule has 0 bridgehead atoms. The van der Waals surface area contributed by atoms with Crippen molar-refractivity contribution in [2.75, 3.05) is 10.6 Å². The highest BCUT2D eigenvalue weighted by Crippen LogP contribution is 2.13. The quantitative estimate of drug-likeness (QED) is 0.844. The molecule has 0 fully saturated rings. The molecule has 0 saturated carbocycles. The van der Waals surface area contributed by atoms with Crippen molar-refractivity contribution in [3.63, 3.8) is 0 Å². The second-order valence-corrected chi connectivity index (χ2v) is 3.45. The van der Waals surface area contributed by atoms with Gasteiger partial charge < -0.3 is 5.32 Å². The minimum Gasteiger partial charge on any atom is -0.306 e. The van der Waals surface area contributed by atoms with Gasteiger partial charge in [0, 0.05) is 6.20 Å². The summed E-state index contributed by atoms with van der Waals surface area (Å²) < 4.78 is 0. The summed E-state index contributed by atoms with van der Waals surface area (Å²) >= 11 is 0. The number of carbonyl (C=O) groups is 1. The lowest BCUT2D eigenvalue weighted by Crippen LogP contribution is -2.20. The maximum atomic E-state index is 11.7. The van der Waals surface area contributed by atoms with E-state index in [1.165, 1.54) is 0 Å². The summed E-state index contributed by atoms with van der Waals surface area (Å²) in [5, 5.41) is 14.1. The lowest BCUT2D eigenvalue weighted by atomic mass is 10.2. The van der Waals surface area contributed by atoms with E-state index in [1.807, 2.05) is 6.07 Å². The smallest absolute Gasteiger partial charge is 0.306 e. The number of aromatic nitrogens is 1. The Balaban J connectivity index is 2.06. The fourth-order valence-corrected chi connectivity index (χ4v) is 1.40. The summed E-state index contributed by atoms with van der Waals surface area (Å²) in [5.74, 6) is 0.449. The second-order valence-electron chi connectivity index (χ2n) is 3.45. The molecule has 0 unspecified atom stereocenters. The molecule has 2 N–H and O–H groups in total. The van der Waals surface area contributed by atoms with E-state index in [0.29, 0.717) is 17.1 Å². The molecule has 88 valence electrons. The van der Waals surface area contributed by atoms with E-state index in [9.17, 15) is 4.79 Å². The molecule has 0 aliphatic rings. The fourth-order valence-electron chi connectivity index (χ4n) is 1.40. The zero-order chi connectivity index (χ0) is 12.8. The van der Waals surface area contributed by atoms with Gasteiger partial charge in [0.05, 0.1) is 11.3 Å². The number of pyridine rings is 1. The first-order valence-corrected chi connectivity index (χ1v) is 5.28. The molecule has 1 aromatic heterocycles. The Morgan fingerprint density at radius 2 is 1.89 bits per heavy atom. The van der Waals surface area contributed by atoms with Crippen molar-refractivity contribution < 1.29 is 4.79 Å². The standard InChI is InChI=1S/C13H10N4O/c14-9-10-5-1-2-6-11(10)16-13(18)17-12-7-3-4-8-15-12/h1-8H,(H2,15,16,17,18). The Labute approximate surface area is 104 Å². The van der Waals surface area contributed by atoms with E-state index in [4.69, 9.17) is 5.26 Å². The summed E-state index contributed by atoms with van der Waals surface area (Å²) in [6.07, 6.45) is 1.58. The topological polar surface area (TPSA) is 77.8 Å². The number of nitrogens with zero attached hydrogens (tertiary/aromatic N) is 2. The third kappa shape index (κ3) is 2.83. The highest BCUT2D eigenvalue weighted by molar-refractivity contribution is 5.99. The van der Waals surface area contributed by atoms with Crippen molar-refractivity contribution in [2.45, 2.75) is 0 Å². The van der Waals surface area contributed by atoms with Crippen LogP contribution in [0.25, 0.3) is 0 Å². The molecule has 0 radical (unpaired) electrons. The number of amides is 2. The van der Waals surface area contributed by atoms with Gasteiger partial charge in [-0.3, -0.25) is 5.32 Å². The first-order valence-electron chi connectivity index (χ1n) is 5.28. The summed E-state index contributed by atoms with van der Waals surface area (Å²) in [7, 11) is 0. The Morgan fingerprint density at radius 1 is 1.11 bits per heavy atom. The summed E-state index contributed by atoms with van der Waals surface area (Å²) in [5.41, 5.74) is 0.877. The number of urea groups is 1. The van der Waals surface area contributed by atoms with Crippen molar-refractivity contribution in [1.29, 1.82) is 5.26 Å². The van der Waals surface area contributed by atoms with Crippen molar-refractivity contribution >= 4 is 17.5 Å². The third-order valence-electron chi connectivity index (χ3n) is 2.20. The van der Waals surface area contributed by atoms with Crippen LogP contribution in [0.4, 0.5) is 16.3 Å². The lowest BCUT2D eigenvalue weighted by Gasteiger charge is -2.07. The molecule has 18 heavy (non-hydrogen) atoms. The van der Waals surface area contributed by atoms with Gasteiger partial charge >= 0.3 is 6.03 Å². The number of anilines is 2. The lowest BCUT2D eigenvalue weighted by molar-refractivity contribution is 0.262. The van der Waals surface area contributed by atoms with Crippen molar-refractivity contribution in [3.05, 3.63) is 54.2 Å². The molecular weight excluding hydrogens is 228 g/mol. The van der Waals surface area contributed by atoms with Crippen LogP contribution in [0.2, 0.25) is 0 Å². The van der Waals surface area contributed by atoms with Gasteiger partial charge in [0.1, 0.15) is 11.9 Å². The number of para-hydroxylation sites is 1. The maximum absolute atomic E-state index is 11.7. The zero-order valence-corrected chi connectivity index (χ0v) is 9.42. The Hall–Kier alpha value is -2.87. The van der Waals surface area contributed by atoms with E-state index in [0.717, 1.165) is 0 Å². The van der Waals surface area contributed by atoms with Gasteiger partial charge in [-0.25, -0.2) is 9.78 Å². The molecule has 0 aliphatic carbocycles. The van der Waals surface area contributed by atoms with Crippen LogP contribution in [-0.4, -0.2) is 11.0 Å². The molecule has 1 aromatic carbocycles. The third-order valence-corrected chi connectivity index (χ3v) is 2.20. The Morgan fingerprint density at radius 3 is 2.61 bits per heavy atom. The number of nitrogens with one attached hydrogen (secondary N) is 2. The number of benzene rings is 1. The average molecular weight is 238 g/mol. The molecule has 5 heteroatoms. The highest BCUT2D eigenvalue weighted by Gasteiger charge is 2.06. The van der Waals surface area contributed by atoms with Crippen LogP contribution < -0.4 is 10.6 Å². The van der Waals surface area contributed by atoms with Gasteiger partial charge in [-0.1, -0.05) is 18.2 Å². The Bertz CT molecular complexity index is 589. The van der Waals surface area contributed by atoms with Gasteiger partial charge in [-0.2, -0.15) is 5.26 Å². The monoisotopic (exact) mass is 238 g/mol. The molecule has 2 rings (SSSR count). The number of hydrogen-bond donors (Lipinski definition) is 2. The molecule has 5 nitrogen and oxygen atoms in total. The van der Waals surface area contributed by atoms with Crippen molar-refractivity contribution in [3.8, 4) is 6.07 Å². The Kier molecular flexibility index (Phi) is 3.52. The first-order chi connectivity index (χ1) is 8.79. The molecule has 0 saturated heterocycles. The van der Waals surface area contributed by atoms with Gasteiger partial charge in [0.15, 0.2) is 0 Å². The molecule has 1 heterocycles. The minimum atomic E-state index is -0.434. The molecular formula is C13H10N4O. The molecule has 2 aromatic rings. The molecule has 2 amide bonds. The predicted molar refractivity (Wildman–Crippen MR) is 68.0 cm³/mol. The van der Waals surface area contributed by atoms with Gasteiger partial charge in [0.2, 0.25) is 0 Å². The SMILES string of the molecule is N#Cc1ccccc1NC(=O)Nc1ccccn1. The van der Waals surface area contributed by atoms with Crippen LogP contribution in [0.1, 0.15) is 5.56 Å². The zero-order valence-electron chi connectivity index (χ0n) is 9.42.